The number of anilines is 1. The van der Waals surface area contributed by atoms with Gasteiger partial charge in [0.05, 0.1) is 0 Å². The summed E-state index contributed by atoms with van der Waals surface area (Å²) in [6.07, 6.45) is 2.39. The van der Waals surface area contributed by atoms with Gasteiger partial charge in [0.15, 0.2) is 5.82 Å². The van der Waals surface area contributed by atoms with Gasteiger partial charge in [0.2, 0.25) is 0 Å². The van der Waals surface area contributed by atoms with E-state index in [1.807, 2.05) is 13.0 Å². The molecule has 116 valence electrons. The zero-order valence-corrected chi connectivity index (χ0v) is 12.8. The van der Waals surface area contributed by atoms with Crippen molar-refractivity contribution >= 4 is 5.82 Å². The molecule has 0 aliphatic carbocycles. The van der Waals surface area contributed by atoms with Crippen molar-refractivity contribution in [3.63, 3.8) is 0 Å². The van der Waals surface area contributed by atoms with Gasteiger partial charge < -0.3 is 10.6 Å². The summed E-state index contributed by atoms with van der Waals surface area (Å²) >= 11 is 0. The Labute approximate surface area is 130 Å². The molecule has 0 amide bonds. The van der Waals surface area contributed by atoms with Gasteiger partial charge in [-0.2, -0.15) is 0 Å². The van der Waals surface area contributed by atoms with Crippen LogP contribution in [-0.4, -0.2) is 29.6 Å². The minimum absolute atomic E-state index is 0.249. The summed E-state index contributed by atoms with van der Waals surface area (Å²) in [6.45, 7) is 5.07. The molecule has 1 saturated heterocycles. The second-order valence-electron chi connectivity index (χ2n) is 5.80. The zero-order chi connectivity index (χ0) is 15.4. The van der Waals surface area contributed by atoms with Gasteiger partial charge >= 0.3 is 0 Å². The molecule has 3 rings (SSSR count). The number of piperidine rings is 1. The third kappa shape index (κ3) is 3.80. The Hall–Kier alpha value is -2.01. The minimum atomic E-state index is -0.249. The van der Waals surface area contributed by atoms with Crippen LogP contribution in [0.3, 0.4) is 0 Å². The highest BCUT2D eigenvalue weighted by molar-refractivity contribution is 5.57. The van der Waals surface area contributed by atoms with Crippen molar-refractivity contribution in [1.82, 2.24) is 15.3 Å². The minimum Gasteiger partial charge on any atom is -0.370 e. The van der Waals surface area contributed by atoms with Crippen molar-refractivity contribution in [2.45, 2.75) is 19.8 Å². The van der Waals surface area contributed by atoms with Crippen LogP contribution >= 0.6 is 0 Å². The van der Waals surface area contributed by atoms with E-state index in [0.717, 1.165) is 36.7 Å². The van der Waals surface area contributed by atoms with E-state index in [2.05, 4.69) is 20.6 Å². The lowest BCUT2D eigenvalue weighted by Gasteiger charge is -2.23. The van der Waals surface area contributed by atoms with Crippen molar-refractivity contribution in [2.24, 2.45) is 5.92 Å². The summed E-state index contributed by atoms with van der Waals surface area (Å²) in [6, 6.07) is 8.24. The van der Waals surface area contributed by atoms with Crippen molar-refractivity contribution in [3.8, 4) is 11.4 Å². The molecular formula is C17H21FN4. The molecule has 1 aromatic heterocycles. The highest BCUT2D eigenvalue weighted by atomic mass is 19.1. The van der Waals surface area contributed by atoms with Crippen LogP contribution in [0, 0.1) is 18.7 Å². The lowest BCUT2D eigenvalue weighted by atomic mass is 9.98. The van der Waals surface area contributed by atoms with Crippen molar-refractivity contribution in [1.29, 1.82) is 0 Å². The standard InChI is InChI=1S/C17H21FN4/c1-12-10-16(20-11-13-6-8-19-9-7-13)22-17(21-12)14-2-4-15(18)5-3-14/h2-5,10,13,19H,6-9,11H2,1H3,(H,20,21,22). The fourth-order valence-electron chi connectivity index (χ4n) is 2.72. The van der Waals surface area contributed by atoms with Gasteiger partial charge in [0.25, 0.3) is 0 Å². The summed E-state index contributed by atoms with van der Waals surface area (Å²) in [5.74, 6) is 1.91. The molecule has 0 unspecified atom stereocenters. The summed E-state index contributed by atoms with van der Waals surface area (Å²) in [5.41, 5.74) is 1.73. The van der Waals surface area contributed by atoms with Gasteiger partial charge in [-0.05, 0) is 63.0 Å². The summed E-state index contributed by atoms with van der Waals surface area (Å²) in [4.78, 5) is 9.00. The highest BCUT2D eigenvalue weighted by Crippen LogP contribution is 2.19. The number of halogens is 1. The number of rotatable bonds is 4. The normalized spacial score (nSPS) is 15.7. The third-order valence-corrected chi connectivity index (χ3v) is 3.99. The molecule has 0 spiro atoms. The Morgan fingerprint density at radius 1 is 1.18 bits per heavy atom. The first-order valence-corrected chi connectivity index (χ1v) is 7.77. The molecule has 2 aromatic rings. The Bertz CT molecular complexity index is 621. The predicted octanol–water partition coefficient (Wildman–Crippen LogP) is 3.00. The van der Waals surface area contributed by atoms with Crippen LogP contribution in [0.1, 0.15) is 18.5 Å². The van der Waals surface area contributed by atoms with Crippen LogP contribution < -0.4 is 10.6 Å². The van der Waals surface area contributed by atoms with E-state index in [1.165, 1.54) is 25.0 Å². The van der Waals surface area contributed by atoms with Gasteiger partial charge in [-0.3, -0.25) is 0 Å². The topological polar surface area (TPSA) is 49.8 Å². The van der Waals surface area contributed by atoms with E-state index < -0.39 is 0 Å². The maximum Gasteiger partial charge on any atom is 0.161 e. The molecule has 1 aliphatic heterocycles. The second kappa shape index (κ2) is 6.83. The average molecular weight is 300 g/mol. The molecule has 2 N–H and O–H groups in total. The monoisotopic (exact) mass is 300 g/mol. The van der Waals surface area contributed by atoms with Crippen molar-refractivity contribution in [3.05, 3.63) is 41.8 Å². The maximum atomic E-state index is 13.0. The van der Waals surface area contributed by atoms with E-state index in [4.69, 9.17) is 0 Å². The van der Waals surface area contributed by atoms with Crippen LogP contribution in [0.15, 0.2) is 30.3 Å². The van der Waals surface area contributed by atoms with Gasteiger partial charge in [0.1, 0.15) is 11.6 Å². The summed E-state index contributed by atoms with van der Waals surface area (Å²) < 4.78 is 13.0. The van der Waals surface area contributed by atoms with E-state index in [-0.39, 0.29) is 5.82 Å². The Morgan fingerprint density at radius 2 is 1.91 bits per heavy atom. The van der Waals surface area contributed by atoms with Crippen molar-refractivity contribution < 1.29 is 4.39 Å². The second-order valence-corrected chi connectivity index (χ2v) is 5.80. The molecule has 0 radical (unpaired) electrons. The number of benzene rings is 1. The molecular weight excluding hydrogens is 279 g/mol. The first-order chi connectivity index (χ1) is 10.7. The molecule has 1 fully saturated rings. The number of hydrogen-bond acceptors (Lipinski definition) is 4. The fourth-order valence-corrected chi connectivity index (χ4v) is 2.72. The highest BCUT2D eigenvalue weighted by Gasteiger charge is 2.13. The number of aromatic nitrogens is 2. The molecule has 0 atom stereocenters. The number of nitrogens with zero attached hydrogens (tertiary/aromatic N) is 2. The van der Waals surface area contributed by atoms with Gasteiger partial charge in [-0.25, -0.2) is 14.4 Å². The Morgan fingerprint density at radius 3 is 2.64 bits per heavy atom. The Kier molecular flexibility index (Phi) is 4.63. The third-order valence-electron chi connectivity index (χ3n) is 3.99. The quantitative estimate of drug-likeness (QED) is 0.911. The first-order valence-electron chi connectivity index (χ1n) is 7.77. The average Bonchev–Trinajstić information content (AvgIpc) is 2.54. The lowest BCUT2D eigenvalue weighted by molar-refractivity contribution is 0.389. The van der Waals surface area contributed by atoms with Crippen LogP contribution in [0.5, 0.6) is 0 Å². The molecule has 4 nitrogen and oxygen atoms in total. The molecule has 5 heteroatoms. The number of nitrogens with one attached hydrogen (secondary N) is 2. The largest absolute Gasteiger partial charge is 0.370 e. The molecule has 22 heavy (non-hydrogen) atoms. The van der Waals surface area contributed by atoms with E-state index in [1.54, 1.807) is 12.1 Å². The number of aryl methyl sites for hydroxylation is 1. The zero-order valence-electron chi connectivity index (χ0n) is 12.8. The smallest absolute Gasteiger partial charge is 0.161 e. The van der Waals surface area contributed by atoms with E-state index in [9.17, 15) is 4.39 Å². The maximum absolute atomic E-state index is 13.0. The number of hydrogen-bond donors (Lipinski definition) is 2. The summed E-state index contributed by atoms with van der Waals surface area (Å²) in [5, 5.41) is 6.80. The van der Waals surface area contributed by atoms with Gasteiger partial charge in [-0.1, -0.05) is 0 Å². The molecule has 0 saturated carbocycles. The van der Waals surface area contributed by atoms with E-state index >= 15 is 0 Å². The Balaban J connectivity index is 1.73. The molecule has 2 heterocycles. The van der Waals surface area contributed by atoms with E-state index in [0.29, 0.717) is 11.7 Å². The van der Waals surface area contributed by atoms with Crippen LogP contribution in [0.25, 0.3) is 11.4 Å². The molecule has 0 bridgehead atoms. The van der Waals surface area contributed by atoms with Gasteiger partial charge in [-0.15, -0.1) is 0 Å². The van der Waals surface area contributed by atoms with Crippen molar-refractivity contribution in [2.75, 3.05) is 25.0 Å². The van der Waals surface area contributed by atoms with Crippen LogP contribution in [0.4, 0.5) is 10.2 Å². The van der Waals surface area contributed by atoms with Crippen LogP contribution in [0.2, 0.25) is 0 Å². The predicted molar refractivity (Wildman–Crippen MR) is 86.2 cm³/mol. The first kappa shape index (κ1) is 14.9. The summed E-state index contributed by atoms with van der Waals surface area (Å²) in [7, 11) is 0. The molecule has 1 aromatic carbocycles. The van der Waals surface area contributed by atoms with Gasteiger partial charge in [0, 0.05) is 23.9 Å². The SMILES string of the molecule is Cc1cc(NCC2CCNCC2)nc(-c2ccc(F)cc2)n1. The van der Waals surface area contributed by atoms with Crippen LogP contribution in [-0.2, 0) is 0 Å². The molecule has 1 aliphatic rings. The fraction of sp³-hybridized carbons (Fsp3) is 0.412. The lowest BCUT2D eigenvalue weighted by Crippen LogP contribution is -2.31.